The molecule has 1 atom stereocenters. The predicted octanol–water partition coefficient (Wildman–Crippen LogP) is 5.13. The molecule has 0 bridgehead atoms. The second-order valence-electron chi connectivity index (χ2n) is 10.0. The van der Waals surface area contributed by atoms with Gasteiger partial charge in [-0.25, -0.2) is 9.79 Å². The smallest absolute Gasteiger partial charge is 0.338 e. The summed E-state index contributed by atoms with van der Waals surface area (Å²) in [4.78, 5) is 33.1. The minimum Gasteiger partial charge on any atom is -0.494 e. The van der Waals surface area contributed by atoms with Crippen LogP contribution in [0.2, 0.25) is 0 Å². The van der Waals surface area contributed by atoms with Gasteiger partial charge in [0.15, 0.2) is 16.3 Å². The monoisotopic (exact) mass is 598 g/mol. The molecule has 9 heteroatoms. The number of esters is 1. The van der Waals surface area contributed by atoms with E-state index in [-0.39, 0.29) is 18.3 Å². The van der Waals surface area contributed by atoms with E-state index in [1.54, 1.807) is 24.7 Å². The Labute approximate surface area is 254 Å². The first-order valence-electron chi connectivity index (χ1n) is 14.2. The third-order valence-electron chi connectivity index (χ3n) is 6.73. The van der Waals surface area contributed by atoms with Crippen molar-refractivity contribution in [2.75, 3.05) is 20.3 Å². The number of aromatic nitrogens is 1. The average Bonchev–Trinajstić information content (AvgIpc) is 3.32. The molecule has 0 fully saturated rings. The Bertz CT molecular complexity index is 1820. The molecule has 0 saturated heterocycles. The Morgan fingerprint density at radius 1 is 1.00 bits per heavy atom. The molecular formula is C34H34N2O6S. The zero-order chi connectivity index (χ0) is 30.5. The fourth-order valence-electron chi connectivity index (χ4n) is 4.95. The number of carbonyl (C=O) groups is 1. The lowest BCUT2D eigenvalue weighted by Crippen LogP contribution is -2.40. The second kappa shape index (κ2) is 13.1. The topological polar surface area (TPSA) is 88.4 Å². The highest BCUT2D eigenvalue weighted by Gasteiger charge is 2.35. The van der Waals surface area contributed by atoms with Gasteiger partial charge in [-0.15, -0.1) is 0 Å². The Morgan fingerprint density at radius 3 is 2.40 bits per heavy atom. The molecule has 43 heavy (non-hydrogen) atoms. The van der Waals surface area contributed by atoms with Crippen molar-refractivity contribution in [3.63, 3.8) is 0 Å². The van der Waals surface area contributed by atoms with Crippen LogP contribution >= 0.6 is 11.3 Å². The van der Waals surface area contributed by atoms with Gasteiger partial charge in [0.05, 0.1) is 48.3 Å². The number of carbonyl (C=O) groups excluding carboxylic acids is 1. The highest BCUT2D eigenvalue weighted by molar-refractivity contribution is 7.07. The van der Waals surface area contributed by atoms with Crippen molar-refractivity contribution in [1.82, 2.24) is 4.57 Å². The van der Waals surface area contributed by atoms with Crippen molar-refractivity contribution in [3.8, 4) is 17.2 Å². The highest BCUT2D eigenvalue weighted by Crippen LogP contribution is 2.36. The van der Waals surface area contributed by atoms with Crippen LogP contribution in [0.25, 0.3) is 11.8 Å². The lowest BCUT2D eigenvalue weighted by atomic mass is 9.93. The van der Waals surface area contributed by atoms with Crippen LogP contribution in [0.15, 0.2) is 88.2 Å². The molecule has 1 aliphatic rings. The van der Waals surface area contributed by atoms with Crippen molar-refractivity contribution in [1.29, 1.82) is 0 Å². The van der Waals surface area contributed by atoms with Gasteiger partial charge in [0.25, 0.3) is 5.56 Å². The third-order valence-corrected chi connectivity index (χ3v) is 7.71. The standard InChI is InChI=1S/C34H34N2O6S/c1-6-40-25-16-14-24(15-17-25)31-29(33(38)41-7-2)30(23-11-9-8-10-12-23)35-34-36(31)32(37)28(43-34)20-22-13-18-26(42-21(3)4)27(19-22)39-5/h8-21,31H,6-7H2,1-5H3/b28-20-/t31-/m0/s1. The SMILES string of the molecule is CCOC(=O)C1=C(c2ccccc2)N=c2s/c(=C\c3ccc(OC(C)C)c(OC)c3)c(=O)n2[C@H]1c1ccc(OCC)cc1. The van der Waals surface area contributed by atoms with E-state index >= 15 is 0 Å². The first kappa shape index (κ1) is 29.8. The molecule has 1 aliphatic heterocycles. The summed E-state index contributed by atoms with van der Waals surface area (Å²) in [6.45, 7) is 8.28. The highest BCUT2D eigenvalue weighted by atomic mass is 32.1. The number of fused-ring (bicyclic) bond motifs is 1. The molecule has 3 aromatic carbocycles. The maximum absolute atomic E-state index is 14.1. The van der Waals surface area contributed by atoms with E-state index < -0.39 is 12.0 Å². The molecule has 0 unspecified atom stereocenters. The van der Waals surface area contributed by atoms with E-state index in [0.29, 0.717) is 44.5 Å². The number of thiazole rings is 1. The fourth-order valence-corrected chi connectivity index (χ4v) is 5.95. The summed E-state index contributed by atoms with van der Waals surface area (Å²) in [5.41, 5.74) is 2.77. The summed E-state index contributed by atoms with van der Waals surface area (Å²) in [6.07, 6.45) is 1.79. The minimum absolute atomic E-state index is 0.0153. The summed E-state index contributed by atoms with van der Waals surface area (Å²) >= 11 is 1.27. The van der Waals surface area contributed by atoms with Crippen molar-refractivity contribution < 1.29 is 23.7 Å². The lowest BCUT2D eigenvalue weighted by molar-refractivity contribution is -0.138. The predicted molar refractivity (Wildman–Crippen MR) is 167 cm³/mol. The Hall–Kier alpha value is -4.63. The number of ether oxygens (including phenoxy) is 4. The molecule has 0 radical (unpaired) electrons. The lowest BCUT2D eigenvalue weighted by Gasteiger charge is -2.26. The van der Waals surface area contributed by atoms with Crippen molar-refractivity contribution in [2.45, 2.75) is 39.8 Å². The van der Waals surface area contributed by atoms with Crippen LogP contribution in [0.5, 0.6) is 17.2 Å². The van der Waals surface area contributed by atoms with E-state index in [9.17, 15) is 9.59 Å². The number of methoxy groups -OCH3 is 1. The average molecular weight is 599 g/mol. The van der Waals surface area contributed by atoms with Crippen LogP contribution in [-0.4, -0.2) is 37.0 Å². The number of hydrogen-bond acceptors (Lipinski definition) is 8. The molecule has 0 aliphatic carbocycles. The van der Waals surface area contributed by atoms with Crippen LogP contribution in [0.1, 0.15) is 50.4 Å². The van der Waals surface area contributed by atoms with Gasteiger partial charge >= 0.3 is 5.97 Å². The molecule has 2 heterocycles. The normalized spacial score (nSPS) is 14.7. The molecule has 4 aromatic rings. The summed E-state index contributed by atoms with van der Waals surface area (Å²) in [6, 6.07) is 21.7. The quantitative estimate of drug-likeness (QED) is 0.235. The van der Waals surface area contributed by atoms with Crippen LogP contribution in [0, 0.1) is 0 Å². The molecule has 0 spiro atoms. The Kier molecular flexibility index (Phi) is 9.11. The van der Waals surface area contributed by atoms with Gasteiger partial charge in [0.1, 0.15) is 5.75 Å². The first-order valence-corrected chi connectivity index (χ1v) is 15.0. The van der Waals surface area contributed by atoms with E-state index in [0.717, 1.165) is 16.7 Å². The maximum atomic E-state index is 14.1. The number of rotatable bonds is 10. The summed E-state index contributed by atoms with van der Waals surface area (Å²) in [5, 5.41) is 0. The van der Waals surface area contributed by atoms with Crippen molar-refractivity contribution >= 4 is 29.1 Å². The van der Waals surface area contributed by atoms with Crippen LogP contribution < -0.4 is 29.1 Å². The largest absolute Gasteiger partial charge is 0.494 e. The second-order valence-corrected chi connectivity index (χ2v) is 11.0. The van der Waals surface area contributed by atoms with E-state index in [1.807, 2.05) is 93.6 Å². The maximum Gasteiger partial charge on any atom is 0.338 e. The molecule has 222 valence electrons. The molecule has 8 nitrogen and oxygen atoms in total. The summed E-state index contributed by atoms with van der Waals surface area (Å²) in [5.74, 6) is 1.36. The van der Waals surface area contributed by atoms with Crippen molar-refractivity contribution in [3.05, 3.63) is 115 Å². The van der Waals surface area contributed by atoms with Gasteiger partial charge in [0.2, 0.25) is 0 Å². The molecular weight excluding hydrogens is 564 g/mol. The van der Waals surface area contributed by atoms with Crippen LogP contribution in [0.4, 0.5) is 0 Å². The Balaban J connectivity index is 1.74. The number of hydrogen-bond donors (Lipinski definition) is 0. The van der Waals surface area contributed by atoms with Crippen LogP contribution in [0.3, 0.4) is 0 Å². The van der Waals surface area contributed by atoms with Gasteiger partial charge in [-0.3, -0.25) is 9.36 Å². The first-order chi connectivity index (χ1) is 20.8. The molecule has 5 rings (SSSR count). The van der Waals surface area contributed by atoms with Gasteiger partial charge in [0, 0.05) is 5.56 Å². The summed E-state index contributed by atoms with van der Waals surface area (Å²) in [7, 11) is 1.58. The van der Waals surface area contributed by atoms with Gasteiger partial charge in [-0.2, -0.15) is 0 Å². The van der Waals surface area contributed by atoms with Gasteiger partial charge in [-0.05, 0) is 69.2 Å². The number of benzene rings is 3. The fraction of sp³-hybridized carbons (Fsp3) is 0.265. The summed E-state index contributed by atoms with van der Waals surface area (Å²) < 4.78 is 24.6. The van der Waals surface area contributed by atoms with E-state index in [4.69, 9.17) is 23.9 Å². The van der Waals surface area contributed by atoms with Crippen molar-refractivity contribution in [2.24, 2.45) is 4.99 Å². The third kappa shape index (κ3) is 6.27. The molecule has 1 aromatic heterocycles. The molecule has 0 saturated carbocycles. The van der Waals surface area contributed by atoms with E-state index in [2.05, 4.69) is 0 Å². The van der Waals surface area contributed by atoms with Gasteiger partial charge in [-0.1, -0.05) is 59.9 Å². The van der Waals surface area contributed by atoms with E-state index in [1.165, 1.54) is 11.3 Å². The minimum atomic E-state index is -0.764. The van der Waals surface area contributed by atoms with Gasteiger partial charge < -0.3 is 18.9 Å². The number of nitrogens with zero attached hydrogens (tertiary/aromatic N) is 2. The zero-order valence-electron chi connectivity index (χ0n) is 24.8. The Morgan fingerprint density at radius 2 is 1.74 bits per heavy atom. The molecule has 0 amide bonds. The van der Waals surface area contributed by atoms with Crippen LogP contribution in [-0.2, 0) is 9.53 Å². The molecule has 0 N–H and O–H groups in total. The zero-order valence-corrected chi connectivity index (χ0v) is 25.6.